The molecule has 0 bridgehead atoms. The number of rotatable bonds is 4. The number of likely N-dealkylation sites (tertiary alicyclic amines) is 1. The number of hydrogen-bond acceptors (Lipinski definition) is 8. The van der Waals surface area contributed by atoms with Crippen molar-refractivity contribution < 1.29 is 18.7 Å². The number of nitrogens with zero attached hydrogens (tertiary/aromatic N) is 4. The van der Waals surface area contributed by atoms with Gasteiger partial charge in [0.2, 0.25) is 11.7 Å². The number of nitro groups is 1. The van der Waals surface area contributed by atoms with E-state index in [1.807, 2.05) is 17.5 Å². The van der Waals surface area contributed by atoms with Gasteiger partial charge in [-0.15, -0.1) is 11.3 Å². The van der Waals surface area contributed by atoms with Crippen molar-refractivity contribution in [1.29, 1.82) is 0 Å². The van der Waals surface area contributed by atoms with Gasteiger partial charge < -0.3 is 13.8 Å². The Labute approximate surface area is 138 Å². The van der Waals surface area contributed by atoms with Crippen molar-refractivity contribution in [2.75, 3.05) is 13.1 Å². The van der Waals surface area contributed by atoms with E-state index < -0.39 is 16.7 Å². The molecule has 1 saturated heterocycles. The molecule has 0 radical (unpaired) electrons. The van der Waals surface area contributed by atoms with Crippen LogP contribution in [0.15, 0.2) is 38.6 Å². The molecule has 4 rings (SSSR count). The number of carbonyl (C=O) groups excluding carboxylic acids is 1. The smallest absolute Gasteiger partial charge is 0.395 e. The second-order valence-corrected chi connectivity index (χ2v) is 6.18. The van der Waals surface area contributed by atoms with Crippen LogP contribution in [0.4, 0.5) is 5.88 Å². The van der Waals surface area contributed by atoms with Crippen LogP contribution in [0, 0.1) is 10.1 Å². The van der Waals surface area contributed by atoms with E-state index in [-0.39, 0.29) is 11.7 Å². The maximum Gasteiger partial charge on any atom is 0.433 e. The number of furan rings is 1. The summed E-state index contributed by atoms with van der Waals surface area (Å²) in [5, 5.41) is 16.5. The lowest BCUT2D eigenvalue weighted by Crippen LogP contribution is -2.48. The van der Waals surface area contributed by atoms with Gasteiger partial charge in [-0.2, -0.15) is 4.98 Å². The maximum atomic E-state index is 12.2. The fourth-order valence-electron chi connectivity index (χ4n) is 2.40. The minimum atomic E-state index is -0.680. The lowest BCUT2D eigenvalue weighted by atomic mass is 10.00. The highest BCUT2D eigenvalue weighted by Crippen LogP contribution is 2.30. The van der Waals surface area contributed by atoms with Crippen LogP contribution in [-0.2, 0) is 0 Å². The molecule has 0 saturated carbocycles. The van der Waals surface area contributed by atoms with Gasteiger partial charge in [0, 0.05) is 13.1 Å². The van der Waals surface area contributed by atoms with Crippen LogP contribution >= 0.6 is 11.3 Å². The van der Waals surface area contributed by atoms with Crippen LogP contribution in [-0.4, -0.2) is 39.0 Å². The topological polar surface area (TPSA) is 116 Å². The van der Waals surface area contributed by atoms with Crippen molar-refractivity contribution in [1.82, 2.24) is 15.0 Å². The summed E-state index contributed by atoms with van der Waals surface area (Å²) in [6.07, 6.45) is 0. The molecule has 0 aliphatic carbocycles. The zero-order valence-electron chi connectivity index (χ0n) is 12.1. The Hall–Kier alpha value is -3.01. The van der Waals surface area contributed by atoms with Crippen molar-refractivity contribution >= 4 is 23.1 Å². The first-order chi connectivity index (χ1) is 11.6. The monoisotopic (exact) mass is 346 g/mol. The van der Waals surface area contributed by atoms with Gasteiger partial charge in [0.25, 0.3) is 5.91 Å². The van der Waals surface area contributed by atoms with Gasteiger partial charge >= 0.3 is 5.88 Å². The van der Waals surface area contributed by atoms with E-state index in [2.05, 4.69) is 10.1 Å². The predicted octanol–water partition coefficient (Wildman–Crippen LogP) is 2.54. The highest BCUT2D eigenvalue weighted by Gasteiger charge is 2.37. The highest BCUT2D eigenvalue weighted by molar-refractivity contribution is 7.13. The van der Waals surface area contributed by atoms with Crippen LogP contribution in [0.2, 0.25) is 0 Å². The third kappa shape index (κ3) is 2.46. The SMILES string of the molecule is O=C(c1ccc([N+](=O)[O-])o1)N1CC(c2nc(-c3cccs3)no2)C1. The molecular weight excluding hydrogens is 336 g/mol. The van der Waals surface area contributed by atoms with E-state index in [0.29, 0.717) is 24.8 Å². The Balaban J connectivity index is 1.41. The summed E-state index contributed by atoms with van der Waals surface area (Å²) in [5.41, 5.74) is 0. The molecule has 1 aliphatic heterocycles. The summed E-state index contributed by atoms with van der Waals surface area (Å²) in [7, 11) is 0. The fraction of sp³-hybridized carbons (Fsp3) is 0.214. The van der Waals surface area contributed by atoms with E-state index in [9.17, 15) is 14.9 Å². The summed E-state index contributed by atoms with van der Waals surface area (Å²) < 4.78 is 10.2. The Bertz CT molecular complexity index is 894. The highest BCUT2D eigenvalue weighted by atomic mass is 32.1. The van der Waals surface area contributed by atoms with Gasteiger partial charge in [-0.1, -0.05) is 11.2 Å². The molecule has 1 amide bonds. The first-order valence-corrected chi connectivity index (χ1v) is 7.91. The third-order valence-corrected chi connectivity index (χ3v) is 4.55. The average Bonchev–Trinajstić information content (AvgIpc) is 3.26. The summed E-state index contributed by atoms with van der Waals surface area (Å²) >= 11 is 1.52. The van der Waals surface area contributed by atoms with Crippen molar-refractivity contribution in [3.8, 4) is 10.7 Å². The zero-order valence-corrected chi connectivity index (χ0v) is 12.9. The summed E-state index contributed by atoms with van der Waals surface area (Å²) in [4.78, 5) is 28.9. The van der Waals surface area contributed by atoms with Crippen molar-refractivity contribution in [3.05, 3.63) is 51.4 Å². The number of carbonyl (C=O) groups is 1. The summed E-state index contributed by atoms with van der Waals surface area (Å²) in [6.45, 7) is 0.804. The van der Waals surface area contributed by atoms with Crippen molar-refractivity contribution in [2.24, 2.45) is 0 Å². The third-order valence-electron chi connectivity index (χ3n) is 3.68. The molecule has 3 aromatic rings. The van der Waals surface area contributed by atoms with Crippen LogP contribution in [0.25, 0.3) is 10.7 Å². The van der Waals surface area contributed by atoms with Crippen LogP contribution < -0.4 is 0 Å². The normalized spacial score (nSPS) is 14.6. The first kappa shape index (κ1) is 14.6. The molecule has 0 N–H and O–H groups in total. The molecule has 122 valence electrons. The average molecular weight is 346 g/mol. The van der Waals surface area contributed by atoms with Crippen LogP contribution in [0.1, 0.15) is 22.4 Å². The van der Waals surface area contributed by atoms with Gasteiger partial charge in [-0.05, 0) is 17.5 Å². The minimum Gasteiger partial charge on any atom is -0.395 e. The standard InChI is InChI=1S/C14H10N4O5S/c19-14(9-3-4-11(22-9)18(20)21)17-6-8(7-17)13-15-12(16-23-13)10-2-1-5-24-10/h1-5,8H,6-7H2. The van der Waals surface area contributed by atoms with E-state index in [4.69, 9.17) is 8.94 Å². The van der Waals surface area contributed by atoms with Crippen LogP contribution in [0.5, 0.6) is 0 Å². The predicted molar refractivity (Wildman–Crippen MR) is 81.6 cm³/mol. The van der Waals surface area contributed by atoms with E-state index in [0.717, 1.165) is 10.9 Å². The lowest BCUT2D eigenvalue weighted by Gasteiger charge is -2.36. The molecule has 0 atom stereocenters. The van der Waals surface area contributed by atoms with Gasteiger partial charge in [-0.25, -0.2) is 0 Å². The largest absolute Gasteiger partial charge is 0.433 e. The quantitative estimate of drug-likeness (QED) is 0.526. The molecule has 10 heteroatoms. The van der Waals surface area contributed by atoms with E-state index in [1.165, 1.54) is 22.3 Å². The fourth-order valence-corrected chi connectivity index (χ4v) is 3.05. The molecule has 0 aromatic carbocycles. The van der Waals surface area contributed by atoms with Gasteiger partial charge in [0.15, 0.2) is 5.76 Å². The summed E-state index contributed by atoms with van der Waals surface area (Å²) in [5.74, 6) is 0.0784. The molecular formula is C14H10N4O5S. The Morgan fingerprint density at radius 2 is 2.21 bits per heavy atom. The molecule has 24 heavy (non-hydrogen) atoms. The van der Waals surface area contributed by atoms with Crippen molar-refractivity contribution in [2.45, 2.75) is 5.92 Å². The number of hydrogen-bond donors (Lipinski definition) is 0. The molecule has 9 nitrogen and oxygen atoms in total. The molecule has 4 heterocycles. The molecule has 0 spiro atoms. The first-order valence-electron chi connectivity index (χ1n) is 7.03. The Kier molecular flexibility index (Phi) is 3.38. The van der Waals surface area contributed by atoms with E-state index >= 15 is 0 Å². The molecule has 1 fully saturated rings. The Morgan fingerprint density at radius 3 is 2.88 bits per heavy atom. The zero-order chi connectivity index (χ0) is 16.7. The summed E-state index contributed by atoms with van der Waals surface area (Å²) in [6, 6.07) is 6.27. The van der Waals surface area contributed by atoms with Gasteiger partial charge in [0.1, 0.15) is 4.92 Å². The molecule has 3 aromatic heterocycles. The number of thiophene rings is 1. The molecule has 0 unspecified atom stereocenters. The second-order valence-electron chi connectivity index (χ2n) is 5.24. The lowest BCUT2D eigenvalue weighted by molar-refractivity contribution is -0.402. The van der Waals surface area contributed by atoms with Gasteiger partial charge in [0.05, 0.1) is 16.9 Å². The minimum absolute atomic E-state index is 0.0416. The van der Waals surface area contributed by atoms with E-state index in [1.54, 1.807) is 0 Å². The molecule has 1 aliphatic rings. The maximum absolute atomic E-state index is 12.2. The van der Waals surface area contributed by atoms with Crippen molar-refractivity contribution in [3.63, 3.8) is 0 Å². The number of amides is 1. The second kappa shape index (κ2) is 5.57. The number of aromatic nitrogens is 2. The van der Waals surface area contributed by atoms with Gasteiger partial charge in [-0.3, -0.25) is 14.9 Å². The van der Waals surface area contributed by atoms with Crippen LogP contribution in [0.3, 0.4) is 0 Å². The Morgan fingerprint density at radius 1 is 1.38 bits per heavy atom.